The summed E-state index contributed by atoms with van der Waals surface area (Å²) < 4.78 is 21.5. The van der Waals surface area contributed by atoms with Gasteiger partial charge in [-0.1, -0.05) is 24.8 Å². The second kappa shape index (κ2) is 7.79. The fourth-order valence-electron chi connectivity index (χ4n) is 1.12. The SMILES string of the molecule is C=C(C)C(=O)OCC(O)CO[P+](=O)c1ccccc1. The van der Waals surface area contributed by atoms with Crippen LogP contribution in [0.15, 0.2) is 42.5 Å². The number of benzene rings is 1. The van der Waals surface area contributed by atoms with Crippen LogP contribution in [0.3, 0.4) is 0 Å². The number of ether oxygens (including phenoxy) is 1. The Morgan fingerprint density at radius 3 is 2.58 bits per heavy atom. The van der Waals surface area contributed by atoms with Crippen molar-refractivity contribution in [3.8, 4) is 0 Å². The highest BCUT2D eigenvalue weighted by Crippen LogP contribution is 2.21. The molecule has 0 aliphatic rings. The molecule has 102 valence electrons. The van der Waals surface area contributed by atoms with Crippen molar-refractivity contribution in [2.75, 3.05) is 13.2 Å². The molecule has 0 spiro atoms. The van der Waals surface area contributed by atoms with Gasteiger partial charge in [-0.05, 0) is 23.6 Å². The molecule has 5 nitrogen and oxygen atoms in total. The minimum Gasteiger partial charge on any atom is -0.459 e. The van der Waals surface area contributed by atoms with E-state index in [0.29, 0.717) is 5.30 Å². The summed E-state index contributed by atoms with van der Waals surface area (Å²) in [5, 5.41) is 10.1. The molecule has 2 atom stereocenters. The van der Waals surface area contributed by atoms with E-state index in [9.17, 15) is 14.5 Å². The molecule has 19 heavy (non-hydrogen) atoms. The van der Waals surface area contributed by atoms with Crippen LogP contribution < -0.4 is 5.30 Å². The highest BCUT2D eigenvalue weighted by molar-refractivity contribution is 7.48. The van der Waals surface area contributed by atoms with Crippen molar-refractivity contribution >= 4 is 19.3 Å². The third-order valence-corrected chi connectivity index (χ3v) is 3.21. The van der Waals surface area contributed by atoms with Gasteiger partial charge in [-0.3, -0.25) is 0 Å². The molecular formula is C13H16O5P+. The van der Waals surface area contributed by atoms with Crippen LogP contribution in [-0.4, -0.2) is 30.4 Å². The van der Waals surface area contributed by atoms with E-state index in [4.69, 9.17) is 9.26 Å². The Morgan fingerprint density at radius 2 is 2.00 bits per heavy atom. The summed E-state index contributed by atoms with van der Waals surface area (Å²) in [5.74, 6) is -0.577. The second-order valence-corrected chi connectivity index (χ2v) is 5.21. The van der Waals surface area contributed by atoms with Gasteiger partial charge in [0.2, 0.25) is 5.30 Å². The Balaban J connectivity index is 2.31. The van der Waals surface area contributed by atoms with Gasteiger partial charge in [0.05, 0.1) is 0 Å². The van der Waals surface area contributed by atoms with Crippen molar-refractivity contribution in [3.05, 3.63) is 42.5 Å². The summed E-state index contributed by atoms with van der Waals surface area (Å²) in [6.07, 6.45) is -1.02. The molecule has 1 N–H and O–H groups in total. The summed E-state index contributed by atoms with van der Waals surface area (Å²) >= 11 is 0. The first kappa shape index (κ1) is 15.5. The second-order valence-electron chi connectivity index (χ2n) is 3.92. The Labute approximate surface area is 112 Å². The van der Waals surface area contributed by atoms with Gasteiger partial charge in [-0.25, -0.2) is 4.79 Å². The topological polar surface area (TPSA) is 72.8 Å². The normalized spacial score (nSPS) is 12.6. The van der Waals surface area contributed by atoms with Gasteiger partial charge in [0.1, 0.15) is 19.3 Å². The molecule has 0 amide bonds. The number of carbonyl (C=O) groups excluding carboxylic acids is 1. The monoisotopic (exact) mass is 283 g/mol. The van der Waals surface area contributed by atoms with E-state index in [1.807, 2.05) is 0 Å². The van der Waals surface area contributed by atoms with Gasteiger partial charge in [0.25, 0.3) is 0 Å². The van der Waals surface area contributed by atoms with Gasteiger partial charge < -0.3 is 9.84 Å². The molecule has 1 aromatic rings. The zero-order valence-electron chi connectivity index (χ0n) is 10.6. The Bertz CT molecular complexity index is 457. The molecule has 0 aromatic heterocycles. The molecular weight excluding hydrogens is 267 g/mol. The van der Waals surface area contributed by atoms with Crippen LogP contribution >= 0.6 is 8.03 Å². The number of rotatable bonds is 7. The fourth-order valence-corrected chi connectivity index (χ4v) is 1.99. The standard InChI is InChI=1S/C13H16O5P/c1-10(2)13(15)17-8-11(14)9-18-19(16)12-6-4-3-5-7-12/h3-7,11,14H,1,8-9H2,2H3/q+1. The molecule has 0 bridgehead atoms. The largest absolute Gasteiger partial charge is 0.548 e. The third-order valence-electron chi connectivity index (χ3n) is 2.11. The number of hydrogen-bond donors (Lipinski definition) is 1. The molecule has 0 saturated heterocycles. The number of aliphatic hydroxyl groups is 1. The van der Waals surface area contributed by atoms with Gasteiger partial charge in [-0.15, -0.1) is 4.52 Å². The molecule has 1 rings (SSSR count). The maximum Gasteiger partial charge on any atom is 0.548 e. The highest BCUT2D eigenvalue weighted by Gasteiger charge is 2.23. The van der Waals surface area contributed by atoms with Crippen LogP contribution in [0.1, 0.15) is 6.92 Å². The predicted molar refractivity (Wildman–Crippen MR) is 71.4 cm³/mol. The predicted octanol–water partition coefficient (Wildman–Crippen LogP) is 1.55. The Hall–Kier alpha value is -1.55. The molecule has 0 fully saturated rings. The van der Waals surface area contributed by atoms with Crippen LogP contribution in [0, 0.1) is 0 Å². The third kappa shape index (κ3) is 5.75. The molecule has 1 aromatic carbocycles. The summed E-state index contributed by atoms with van der Waals surface area (Å²) in [4.78, 5) is 11.1. The van der Waals surface area contributed by atoms with Crippen LogP contribution in [0.25, 0.3) is 0 Å². The minimum atomic E-state index is -2.01. The number of esters is 1. The first-order chi connectivity index (χ1) is 9.00. The van der Waals surface area contributed by atoms with Crippen molar-refractivity contribution in [1.82, 2.24) is 0 Å². The number of carbonyl (C=O) groups is 1. The molecule has 0 saturated carbocycles. The van der Waals surface area contributed by atoms with Crippen molar-refractivity contribution in [1.29, 1.82) is 0 Å². The summed E-state index contributed by atoms with van der Waals surface area (Å²) in [6, 6.07) is 8.64. The van der Waals surface area contributed by atoms with Crippen molar-refractivity contribution < 1.29 is 23.7 Å². The zero-order valence-corrected chi connectivity index (χ0v) is 11.5. The van der Waals surface area contributed by atoms with Crippen LogP contribution in [0.2, 0.25) is 0 Å². The van der Waals surface area contributed by atoms with E-state index in [1.165, 1.54) is 6.92 Å². The Morgan fingerprint density at radius 1 is 1.37 bits per heavy atom. The average Bonchev–Trinajstić information content (AvgIpc) is 2.42. The van der Waals surface area contributed by atoms with Gasteiger partial charge >= 0.3 is 14.0 Å². The van der Waals surface area contributed by atoms with Crippen molar-refractivity contribution in [2.45, 2.75) is 13.0 Å². The first-order valence-electron chi connectivity index (χ1n) is 5.66. The number of hydrogen-bond acceptors (Lipinski definition) is 5. The quantitative estimate of drug-likeness (QED) is 0.467. The Kier molecular flexibility index (Phi) is 6.36. The van der Waals surface area contributed by atoms with Gasteiger partial charge in [0, 0.05) is 5.57 Å². The molecule has 0 aliphatic heterocycles. The fraction of sp³-hybridized carbons (Fsp3) is 0.308. The lowest BCUT2D eigenvalue weighted by atomic mass is 10.3. The smallest absolute Gasteiger partial charge is 0.459 e. The zero-order chi connectivity index (χ0) is 14.3. The van der Waals surface area contributed by atoms with Crippen LogP contribution in [0.5, 0.6) is 0 Å². The van der Waals surface area contributed by atoms with E-state index in [1.54, 1.807) is 30.3 Å². The van der Waals surface area contributed by atoms with Crippen molar-refractivity contribution in [3.63, 3.8) is 0 Å². The van der Waals surface area contributed by atoms with Crippen LogP contribution in [-0.2, 0) is 18.6 Å². The van der Waals surface area contributed by atoms with Crippen molar-refractivity contribution in [2.24, 2.45) is 0 Å². The summed E-state index contributed by atoms with van der Waals surface area (Å²) in [5.41, 5.74) is 0.253. The number of aliphatic hydroxyl groups excluding tert-OH is 1. The summed E-state index contributed by atoms with van der Waals surface area (Å²) in [7, 11) is -2.01. The lowest BCUT2D eigenvalue weighted by Crippen LogP contribution is -2.23. The van der Waals surface area contributed by atoms with Gasteiger partial charge in [0.15, 0.2) is 0 Å². The minimum absolute atomic E-state index is 0.173. The molecule has 0 radical (unpaired) electrons. The maximum atomic E-state index is 11.7. The summed E-state index contributed by atoms with van der Waals surface area (Å²) in [6.45, 7) is 4.53. The lowest BCUT2D eigenvalue weighted by Gasteiger charge is -2.08. The van der Waals surface area contributed by atoms with Gasteiger partial charge in [-0.2, -0.15) is 0 Å². The molecule has 0 heterocycles. The highest BCUT2D eigenvalue weighted by atomic mass is 31.1. The lowest BCUT2D eigenvalue weighted by molar-refractivity contribution is -0.142. The average molecular weight is 283 g/mol. The molecule has 2 unspecified atom stereocenters. The van der Waals surface area contributed by atoms with E-state index >= 15 is 0 Å². The van der Waals surface area contributed by atoms with E-state index in [2.05, 4.69) is 6.58 Å². The van der Waals surface area contributed by atoms with E-state index < -0.39 is 20.1 Å². The maximum absolute atomic E-state index is 11.7. The first-order valence-corrected chi connectivity index (χ1v) is 6.84. The van der Waals surface area contributed by atoms with E-state index in [0.717, 1.165) is 0 Å². The van der Waals surface area contributed by atoms with E-state index in [-0.39, 0.29) is 18.8 Å². The molecule has 0 aliphatic carbocycles. The molecule has 6 heteroatoms. The van der Waals surface area contributed by atoms with Crippen LogP contribution in [0.4, 0.5) is 0 Å².